The van der Waals surface area contributed by atoms with E-state index in [1.807, 2.05) is 0 Å². The lowest BCUT2D eigenvalue weighted by Gasteiger charge is -2.09. The van der Waals surface area contributed by atoms with Gasteiger partial charge in [-0.3, -0.25) is 0 Å². The van der Waals surface area contributed by atoms with Crippen LogP contribution in [0.3, 0.4) is 0 Å². The summed E-state index contributed by atoms with van der Waals surface area (Å²) in [6.07, 6.45) is 1.80. The van der Waals surface area contributed by atoms with Crippen LogP contribution in [0.4, 0.5) is 4.79 Å². The van der Waals surface area contributed by atoms with Crippen molar-refractivity contribution in [1.82, 2.24) is 10.2 Å². The number of benzene rings is 1. The van der Waals surface area contributed by atoms with Crippen LogP contribution < -0.4 is 5.32 Å². The number of carbonyl (C=O) groups is 1. The van der Waals surface area contributed by atoms with Gasteiger partial charge in [-0.25, -0.2) is 9.69 Å². The highest BCUT2D eigenvalue weighted by atomic mass is 35.5. The van der Waals surface area contributed by atoms with Gasteiger partial charge in [0.1, 0.15) is 0 Å². The van der Waals surface area contributed by atoms with Gasteiger partial charge in [-0.1, -0.05) is 29.3 Å². The maximum atomic E-state index is 11.3. The summed E-state index contributed by atoms with van der Waals surface area (Å²) in [6, 6.07) is 4.52. The van der Waals surface area contributed by atoms with E-state index in [-0.39, 0.29) is 6.04 Å². The molecule has 0 radical (unpaired) electrons. The van der Waals surface area contributed by atoms with E-state index >= 15 is 0 Å². The predicted octanol–water partition coefficient (Wildman–Crippen LogP) is 2.54. The highest BCUT2D eigenvalue weighted by molar-refractivity contribution is 6.42. The number of carbonyl (C=O) groups excluding carboxylic acids is 1. The van der Waals surface area contributed by atoms with Crippen molar-refractivity contribution in [2.45, 2.75) is 6.04 Å². The third kappa shape index (κ3) is 1.92. The fourth-order valence-corrected chi connectivity index (χ4v) is 1.85. The van der Waals surface area contributed by atoms with Crippen LogP contribution in [0.5, 0.6) is 0 Å². The molecule has 1 atom stereocenters. The molecule has 0 aliphatic carbocycles. The van der Waals surface area contributed by atoms with Crippen LogP contribution in [0.2, 0.25) is 10.0 Å². The van der Waals surface area contributed by atoms with Gasteiger partial charge in [0, 0.05) is 0 Å². The topological polar surface area (TPSA) is 56.1 Å². The molecule has 1 aromatic carbocycles. The van der Waals surface area contributed by atoms with Crippen molar-refractivity contribution in [2.75, 3.05) is 6.54 Å². The molecule has 0 saturated carbocycles. The Hall–Kier alpha value is -1.44. The van der Waals surface area contributed by atoms with E-state index in [1.165, 1.54) is 0 Å². The number of amides is 2. The minimum absolute atomic E-state index is 0.220. The lowest BCUT2D eigenvalue weighted by atomic mass is 10.1. The number of nitrogens with one attached hydrogen (secondary N) is 1. The lowest BCUT2D eigenvalue weighted by molar-refractivity contribution is 0.232. The van der Waals surface area contributed by atoms with Crippen molar-refractivity contribution < 1.29 is 4.79 Å². The summed E-state index contributed by atoms with van der Waals surface area (Å²) in [5.41, 5.74) is 0.834. The first-order valence-corrected chi connectivity index (χ1v) is 5.30. The fraction of sp³-hybridized carbons (Fsp3) is 0.200. The molecule has 1 aliphatic rings. The highest BCUT2D eigenvalue weighted by Gasteiger charge is 2.29. The first-order chi connectivity index (χ1) is 7.61. The molecule has 0 spiro atoms. The molecule has 1 N–H and O–H groups in total. The van der Waals surface area contributed by atoms with Gasteiger partial charge in [-0.15, -0.1) is 0 Å². The standard InChI is InChI=1S/C10H7Cl2N3O/c11-7-2-1-6(3-8(7)12)9-4-15(5-13)10(16)14-9/h1-3,9H,4H2,(H,14,16). The molecule has 2 amide bonds. The minimum Gasteiger partial charge on any atom is -0.328 e. The third-order valence-electron chi connectivity index (χ3n) is 2.37. The lowest BCUT2D eigenvalue weighted by Crippen LogP contribution is -2.23. The molecule has 0 bridgehead atoms. The van der Waals surface area contributed by atoms with Crippen LogP contribution in [-0.2, 0) is 0 Å². The second-order valence-corrected chi connectivity index (χ2v) is 4.20. The molecule has 1 aliphatic heterocycles. The van der Waals surface area contributed by atoms with Gasteiger partial charge in [0.2, 0.25) is 0 Å². The Morgan fingerprint density at radius 2 is 2.19 bits per heavy atom. The summed E-state index contributed by atoms with van der Waals surface area (Å²) >= 11 is 11.7. The Kier molecular flexibility index (Phi) is 2.90. The monoisotopic (exact) mass is 255 g/mol. The first-order valence-electron chi connectivity index (χ1n) is 4.54. The van der Waals surface area contributed by atoms with Crippen LogP contribution in [0.15, 0.2) is 18.2 Å². The normalized spacial score (nSPS) is 19.4. The second kappa shape index (κ2) is 4.20. The number of nitriles is 1. The summed E-state index contributed by atoms with van der Waals surface area (Å²) < 4.78 is 0. The maximum Gasteiger partial charge on any atom is 0.331 e. The number of nitrogens with zero attached hydrogens (tertiary/aromatic N) is 2. The molecule has 82 valence electrons. The van der Waals surface area contributed by atoms with Crippen LogP contribution in [0.1, 0.15) is 11.6 Å². The Morgan fingerprint density at radius 1 is 1.44 bits per heavy atom. The quantitative estimate of drug-likeness (QED) is 0.785. The zero-order valence-corrected chi connectivity index (χ0v) is 9.59. The molecule has 6 heteroatoms. The summed E-state index contributed by atoms with van der Waals surface area (Å²) in [6.45, 7) is 0.313. The predicted molar refractivity (Wildman–Crippen MR) is 60.1 cm³/mol. The SMILES string of the molecule is N#CN1CC(c2ccc(Cl)c(Cl)c2)NC1=O. The maximum absolute atomic E-state index is 11.3. The molecule has 4 nitrogen and oxygen atoms in total. The summed E-state index contributed by atoms with van der Waals surface area (Å²) in [7, 11) is 0. The zero-order chi connectivity index (χ0) is 11.7. The summed E-state index contributed by atoms with van der Waals surface area (Å²) in [5, 5.41) is 12.2. The average molecular weight is 256 g/mol. The molecule has 16 heavy (non-hydrogen) atoms. The minimum atomic E-state index is -0.390. The van der Waals surface area contributed by atoms with Crippen molar-refractivity contribution in [3.05, 3.63) is 33.8 Å². The first kappa shape index (κ1) is 11.1. The highest BCUT2D eigenvalue weighted by Crippen LogP contribution is 2.27. The largest absolute Gasteiger partial charge is 0.331 e. The smallest absolute Gasteiger partial charge is 0.328 e. The molecule has 1 saturated heterocycles. The number of rotatable bonds is 1. The molecule has 1 aromatic rings. The Balaban J connectivity index is 2.24. The summed E-state index contributed by atoms with van der Waals surface area (Å²) in [4.78, 5) is 12.3. The molecule has 1 unspecified atom stereocenters. The van der Waals surface area contributed by atoms with Gasteiger partial charge in [-0.2, -0.15) is 5.26 Å². The number of hydrogen-bond donors (Lipinski definition) is 1. The van der Waals surface area contributed by atoms with E-state index in [1.54, 1.807) is 24.4 Å². The molecule has 0 aromatic heterocycles. The van der Waals surface area contributed by atoms with Crippen LogP contribution >= 0.6 is 23.2 Å². The van der Waals surface area contributed by atoms with E-state index in [2.05, 4.69) is 5.32 Å². The van der Waals surface area contributed by atoms with Crippen molar-refractivity contribution in [3.63, 3.8) is 0 Å². The van der Waals surface area contributed by atoms with Crippen LogP contribution in [0.25, 0.3) is 0 Å². The van der Waals surface area contributed by atoms with E-state index in [0.29, 0.717) is 16.6 Å². The van der Waals surface area contributed by atoms with E-state index in [0.717, 1.165) is 10.5 Å². The molecule has 2 rings (SSSR count). The Morgan fingerprint density at radius 3 is 2.75 bits per heavy atom. The van der Waals surface area contributed by atoms with Gasteiger partial charge in [0.05, 0.1) is 22.6 Å². The molecular formula is C10H7Cl2N3O. The number of hydrogen-bond acceptors (Lipinski definition) is 2. The van der Waals surface area contributed by atoms with Crippen LogP contribution in [-0.4, -0.2) is 17.5 Å². The molecule has 1 heterocycles. The van der Waals surface area contributed by atoms with Crippen molar-refractivity contribution in [3.8, 4) is 6.19 Å². The number of urea groups is 1. The van der Waals surface area contributed by atoms with Crippen molar-refractivity contribution >= 4 is 29.2 Å². The second-order valence-electron chi connectivity index (χ2n) is 3.39. The van der Waals surface area contributed by atoms with Crippen LogP contribution in [0, 0.1) is 11.5 Å². The number of halogens is 2. The van der Waals surface area contributed by atoms with E-state index in [4.69, 9.17) is 28.5 Å². The van der Waals surface area contributed by atoms with Gasteiger partial charge in [0.25, 0.3) is 0 Å². The average Bonchev–Trinajstić information content (AvgIpc) is 2.64. The van der Waals surface area contributed by atoms with E-state index < -0.39 is 6.03 Å². The Labute approximate surface area is 102 Å². The summed E-state index contributed by atoms with van der Waals surface area (Å²) in [5.74, 6) is 0. The van der Waals surface area contributed by atoms with Gasteiger partial charge in [0.15, 0.2) is 6.19 Å². The van der Waals surface area contributed by atoms with Crippen molar-refractivity contribution in [1.29, 1.82) is 5.26 Å². The van der Waals surface area contributed by atoms with Gasteiger partial charge >= 0.3 is 6.03 Å². The fourth-order valence-electron chi connectivity index (χ4n) is 1.54. The van der Waals surface area contributed by atoms with Crippen molar-refractivity contribution in [2.24, 2.45) is 0 Å². The Bertz CT molecular complexity index is 483. The zero-order valence-electron chi connectivity index (χ0n) is 8.08. The third-order valence-corrected chi connectivity index (χ3v) is 3.11. The van der Waals surface area contributed by atoms with Gasteiger partial charge < -0.3 is 5.32 Å². The molecular weight excluding hydrogens is 249 g/mol. The van der Waals surface area contributed by atoms with Gasteiger partial charge in [-0.05, 0) is 17.7 Å². The molecule has 1 fully saturated rings. The van der Waals surface area contributed by atoms with E-state index in [9.17, 15) is 4.79 Å².